The minimum Gasteiger partial charge on any atom is -0.468 e. The van der Waals surface area contributed by atoms with E-state index < -0.39 is 5.97 Å². The second-order valence-corrected chi connectivity index (χ2v) is 5.52. The van der Waals surface area contributed by atoms with Crippen LogP contribution in [0.15, 0.2) is 48.5 Å². The molecule has 3 rings (SSSR count). The van der Waals surface area contributed by atoms with Gasteiger partial charge in [0.25, 0.3) is 6.47 Å². The second kappa shape index (κ2) is 7.09. The summed E-state index contributed by atoms with van der Waals surface area (Å²) in [6, 6.07) is 15.0. The van der Waals surface area contributed by atoms with Crippen LogP contribution in [0.1, 0.15) is 16.1 Å². The van der Waals surface area contributed by atoms with Gasteiger partial charge < -0.3 is 14.7 Å². The van der Waals surface area contributed by atoms with Crippen molar-refractivity contribution >= 4 is 23.3 Å². The summed E-state index contributed by atoms with van der Waals surface area (Å²) in [5.74, 6) is -0.595. The van der Waals surface area contributed by atoms with Crippen LogP contribution in [0.25, 0.3) is 22.0 Å². The Labute approximate surface area is 144 Å². The third-order valence-corrected chi connectivity index (χ3v) is 4.03. The Balaban J connectivity index is 1.88. The Morgan fingerprint density at radius 2 is 1.84 bits per heavy atom. The molecule has 6 heteroatoms. The van der Waals surface area contributed by atoms with Gasteiger partial charge in [-0.05, 0) is 34.9 Å². The minimum atomic E-state index is -0.595. The van der Waals surface area contributed by atoms with Crippen LogP contribution in [0.5, 0.6) is 0 Å². The molecule has 1 aromatic heterocycles. The van der Waals surface area contributed by atoms with Crippen molar-refractivity contribution < 1.29 is 24.3 Å². The number of methoxy groups -OCH3 is 1. The molecule has 0 unspecified atom stereocenters. The lowest BCUT2D eigenvalue weighted by atomic mass is 10.0. The summed E-state index contributed by atoms with van der Waals surface area (Å²) in [6.07, 6.45) is 0.661. The normalized spacial score (nSPS) is 10.6. The van der Waals surface area contributed by atoms with Crippen molar-refractivity contribution in [1.82, 2.24) is 4.73 Å². The van der Waals surface area contributed by atoms with Crippen LogP contribution in [0, 0.1) is 0 Å². The van der Waals surface area contributed by atoms with Crippen molar-refractivity contribution in [3.05, 3.63) is 59.8 Å². The third kappa shape index (κ3) is 3.33. The average Bonchev–Trinajstić information content (AvgIpc) is 2.98. The third-order valence-electron chi connectivity index (χ3n) is 4.03. The quantitative estimate of drug-likeness (QED) is 0.323. The predicted molar refractivity (Wildman–Crippen MR) is 91.6 cm³/mol. The number of aromatic nitrogens is 1. The molecule has 0 aliphatic carbocycles. The van der Waals surface area contributed by atoms with E-state index in [1.807, 2.05) is 36.4 Å². The topological polar surface area (TPSA) is 77.8 Å². The molecule has 128 valence electrons. The van der Waals surface area contributed by atoms with Crippen molar-refractivity contribution in [2.24, 2.45) is 0 Å². The summed E-state index contributed by atoms with van der Waals surface area (Å²) >= 11 is 0. The van der Waals surface area contributed by atoms with Crippen molar-refractivity contribution in [3.63, 3.8) is 0 Å². The van der Waals surface area contributed by atoms with Gasteiger partial charge in [-0.25, -0.2) is 4.79 Å². The molecule has 0 fully saturated rings. The lowest BCUT2D eigenvalue weighted by Gasteiger charge is -2.05. The van der Waals surface area contributed by atoms with Crippen LogP contribution >= 0.6 is 0 Å². The van der Waals surface area contributed by atoms with Gasteiger partial charge in [0.2, 0.25) is 0 Å². The standard InChI is InChI=1S/C19H17NO5/c1-24-19(22)18-11-16-10-15(6-7-17(16)20(18)23)14-4-2-13(3-5-14)8-9-25-12-21/h2-7,10-12,23H,8-9H2,1H3. The first-order valence-corrected chi connectivity index (χ1v) is 7.71. The molecule has 0 saturated heterocycles. The van der Waals surface area contributed by atoms with Gasteiger partial charge in [0, 0.05) is 11.8 Å². The zero-order valence-corrected chi connectivity index (χ0v) is 13.6. The van der Waals surface area contributed by atoms with Gasteiger partial charge in [-0.3, -0.25) is 4.79 Å². The first-order chi connectivity index (χ1) is 12.1. The molecule has 0 amide bonds. The SMILES string of the molecule is COC(=O)c1cc2cc(-c3ccc(CCOC=O)cc3)ccc2n1O. The van der Waals surface area contributed by atoms with E-state index in [2.05, 4.69) is 4.74 Å². The zero-order chi connectivity index (χ0) is 17.8. The van der Waals surface area contributed by atoms with E-state index in [1.54, 1.807) is 12.1 Å². The highest BCUT2D eigenvalue weighted by Crippen LogP contribution is 2.27. The Hall–Kier alpha value is -3.28. The molecule has 0 bridgehead atoms. The van der Waals surface area contributed by atoms with Crippen LogP contribution in [-0.2, 0) is 20.7 Å². The number of ether oxygens (including phenoxy) is 2. The molecule has 25 heavy (non-hydrogen) atoms. The number of fused-ring (bicyclic) bond motifs is 1. The van der Waals surface area contributed by atoms with Gasteiger partial charge in [0.15, 0.2) is 5.69 Å². The molecule has 0 spiro atoms. The molecule has 2 aromatic carbocycles. The molecular weight excluding hydrogens is 322 g/mol. The van der Waals surface area contributed by atoms with Crippen LogP contribution < -0.4 is 0 Å². The van der Waals surface area contributed by atoms with Gasteiger partial charge >= 0.3 is 5.97 Å². The average molecular weight is 339 g/mol. The van der Waals surface area contributed by atoms with E-state index in [0.29, 0.717) is 25.0 Å². The predicted octanol–water partition coefficient (Wildman–Crippen LogP) is 3.05. The Morgan fingerprint density at radius 3 is 2.52 bits per heavy atom. The largest absolute Gasteiger partial charge is 0.468 e. The maximum absolute atomic E-state index is 11.7. The molecule has 1 heterocycles. The van der Waals surface area contributed by atoms with Crippen molar-refractivity contribution in [1.29, 1.82) is 0 Å². The fourth-order valence-corrected chi connectivity index (χ4v) is 2.72. The Morgan fingerprint density at radius 1 is 1.12 bits per heavy atom. The number of carbonyl (C=O) groups excluding carboxylic acids is 2. The molecule has 6 nitrogen and oxygen atoms in total. The molecule has 0 atom stereocenters. The maximum Gasteiger partial charge on any atom is 0.358 e. The number of esters is 1. The summed E-state index contributed by atoms with van der Waals surface area (Å²) < 4.78 is 10.2. The van der Waals surface area contributed by atoms with E-state index in [0.717, 1.165) is 26.8 Å². The molecule has 1 N–H and O–H groups in total. The summed E-state index contributed by atoms with van der Waals surface area (Å²) in [5.41, 5.74) is 3.66. The highest BCUT2D eigenvalue weighted by molar-refractivity contribution is 5.96. The van der Waals surface area contributed by atoms with Crippen LogP contribution in [0.2, 0.25) is 0 Å². The number of nitrogens with zero attached hydrogens (tertiary/aromatic N) is 1. The van der Waals surface area contributed by atoms with Gasteiger partial charge in [-0.2, -0.15) is 4.73 Å². The smallest absolute Gasteiger partial charge is 0.358 e. The molecule has 0 aliphatic heterocycles. The molecule has 3 aromatic rings. The molecule has 0 aliphatic rings. The van der Waals surface area contributed by atoms with Gasteiger partial charge in [-0.1, -0.05) is 30.3 Å². The minimum absolute atomic E-state index is 0.0835. The lowest BCUT2D eigenvalue weighted by Crippen LogP contribution is -2.07. The van der Waals surface area contributed by atoms with Crippen molar-refractivity contribution in [3.8, 4) is 11.1 Å². The number of rotatable bonds is 6. The maximum atomic E-state index is 11.7. The first-order valence-electron chi connectivity index (χ1n) is 7.71. The summed E-state index contributed by atoms with van der Waals surface area (Å²) in [4.78, 5) is 21.8. The highest BCUT2D eigenvalue weighted by Gasteiger charge is 2.16. The van der Waals surface area contributed by atoms with Crippen LogP contribution in [0.3, 0.4) is 0 Å². The van der Waals surface area contributed by atoms with E-state index in [4.69, 9.17) is 4.74 Å². The van der Waals surface area contributed by atoms with Gasteiger partial charge in [-0.15, -0.1) is 0 Å². The van der Waals surface area contributed by atoms with Crippen LogP contribution in [-0.4, -0.2) is 36.1 Å². The number of hydrogen-bond donors (Lipinski definition) is 1. The number of carbonyl (C=O) groups is 2. The van der Waals surface area contributed by atoms with E-state index in [9.17, 15) is 14.8 Å². The van der Waals surface area contributed by atoms with Gasteiger partial charge in [0.1, 0.15) is 0 Å². The first kappa shape index (κ1) is 16.6. The molecule has 0 radical (unpaired) electrons. The second-order valence-electron chi connectivity index (χ2n) is 5.52. The van der Waals surface area contributed by atoms with Crippen molar-refractivity contribution in [2.75, 3.05) is 13.7 Å². The zero-order valence-electron chi connectivity index (χ0n) is 13.6. The van der Waals surface area contributed by atoms with Gasteiger partial charge in [0.05, 0.1) is 19.2 Å². The summed E-state index contributed by atoms with van der Waals surface area (Å²) in [5, 5.41) is 10.8. The van der Waals surface area contributed by atoms with E-state index in [1.165, 1.54) is 7.11 Å². The fourth-order valence-electron chi connectivity index (χ4n) is 2.72. The Kier molecular flexibility index (Phi) is 4.70. The monoisotopic (exact) mass is 339 g/mol. The van der Waals surface area contributed by atoms with E-state index >= 15 is 0 Å². The van der Waals surface area contributed by atoms with Crippen molar-refractivity contribution in [2.45, 2.75) is 6.42 Å². The number of hydrogen-bond acceptors (Lipinski definition) is 5. The molecule has 0 saturated carbocycles. The Bertz CT molecular complexity index is 911. The highest BCUT2D eigenvalue weighted by atomic mass is 16.5. The van der Waals surface area contributed by atoms with E-state index in [-0.39, 0.29) is 5.69 Å². The number of benzene rings is 2. The summed E-state index contributed by atoms with van der Waals surface area (Å²) in [6.45, 7) is 0.800. The lowest BCUT2D eigenvalue weighted by molar-refractivity contribution is -0.128. The van der Waals surface area contributed by atoms with Crippen LogP contribution in [0.4, 0.5) is 0 Å². The molecular formula is C19H17NO5. The summed E-state index contributed by atoms with van der Waals surface area (Å²) in [7, 11) is 1.27. The fraction of sp³-hybridized carbons (Fsp3) is 0.158.